The van der Waals surface area contributed by atoms with Gasteiger partial charge in [-0.1, -0.05) is 0 Å². The van der Waals surface area contributed by atoms with Gasteiger partial charge in [-0.15, -0.1) is 11.3 Å². The van der Waals surface area contributed by atoms with Crippen molar-refractivity contribution in [2.24, 2.45) is 0 Å². The van der Waals surface area contributed by atoms with Crippen molar-refractivity contribution in [1.82, 2.24) is 19.7 Å². The first-order valence-corrected chi connectivity index (χ1v) is 8.03. The fraction of sp³-hybridized carbons (Fsp3) is 0.250. The van der Waals surface area contributed by atoms with Crippen LogP contribution in [0, 0.1) is 13.8 Å². The van der Waals surface area contributed by atoms with Crippen molar-refractivity contribution in [1.29, 1.82) is 0 Å². The first-order valence-electron chi connectivity index (χ1n) is 7.21. The third kappa shape index (κ3) is 2.93. The smallest absolute Gasteiger partial charge is 0.339 e. The number of nitrogens with zero attached hydrogens (tertiary/aromatic N) is 4. The summed E-state index contributed by atoms with van der Waals surface area (Å²) in [5, 5.41) is 13.4. The van der Waals surface area contributed by atoms with Crippen LogP contribution in [0.15, 0.2) is 24.5 Å². The molecule has 3 aromatic rings. The average molecular weight is 344 g/mol. The summed E-state index contributed by atoms with van der Waals surface area (Å²) in [6.07, 6.45) is 2.93. The number of thiophene rings is 1. The van der Waals surface area contributed by atoms with E-state index in [4.69, 9.17) is 4.74 Å². The Morgan fingerprint density at radius 1 is 1.42 bits per heavy atom. The molecule has 0 aliphatic rings. The number of methoxy groups -OCH3 is 1. The Morgan fingerprint density at radius 3 is 2.83 bits per heavy atom. The lowest BCUT2D eigenvalue weighted by Crippen LogP contribution is -2.10. The highest BCUT2D eigenvalue weighted by atomic mass is 32.1. The summed E-state index contributed by atoms with van der Waals surface area (Å²) in [5.41, 5.74) is 2.30. The number of carboxylic acids is 1. The number of aromatic carboxylic acids is 1. The van der Waals surface area contributed by atoms with Gasteiger partial charge in [-0.2, -0.15) is 9.78 Å². The van der Waals surface area contributed by atoms with Gasteiger partial charge < -0.3 is 9.84 Å². The van der Waals surface area contributed by atoms with Gasteiger partial charge in [-0.05, 0) is 26.0 Å². The second-order valence-electron chi connectivity index (χ2n) is 5.22. The van der Waals surface area contributed by atoms with Crippen molar-refractivity contribution in [3.8, 4) is 17.2 Å². The average Bonchev–Trinajstić information content (AvgIpc) is 3.11. The number of hydrogen-bond acceptors (Lipinski definition) is 6. The lowest BCUT2D eigenvalue weighted by atomic mass is 10.2. The minimum absolute atomic E-state index is 0.0772. The van der Waals surface area contributed by atoms with Gasteiger partial charge in [-0.3, -0.25) is 0 Å². The van der Waals surface area contributed by atoms with Gasteiger partial charge in [0.15, 0.2) is 0 Å². The third-order valence-electron chi connectivity index (χ3n) is 3.53. The van der Waals surface area contributed by atoms with Crippen LogP contribution in [0.25, 0.3) is 17.2 Å². The molecule has 0 aliphatic carbocycles. The van der Waals surface area contributed by atoms with Crippen molar-refractivity contribution in [2.75, 3.05) is 7.11 Å². The Labute approximate surface area is 142 Å². The molecule has 1 N–H and O–H groups in total. The Hall–Kier alpha value is -2.58. The Kier molecular flexibility index (Phi) is 4.41. The van der Waals surface area contributed by atoms with E-state index in [0.717, 1.165) is 11.3 Å². The molecule has 3 heterocycles. The third-order valence-corrected chi connectivity index (χ3v) is 4.50. The maximum atomic E-state index is 11.3. The predicted molar refractivity (Wildman–Crippen MR) is 89.6 cm³/mol. The minimum Gasteiger partial charge on any atom is -0.478 e. The topological polar surface area (TPSA) is 90.1 Å². The summed E-state index contributed by atoms with van der Waals surface area (Å²) < 4.78 is 6.51. The van der Waals surface area contributed by atoms with Crippen molar-refractivity contribution in [3.05, 3.63) is 45.5 Å². The van der Waals surface area contributed by atoms with E-state index in [9.17, 15) is 9.90 Å². The van der Waals surface area contributed by atoms with E-state index < -0.39 is 5.97 Å². The van der Waals surface area contributed by atoms with Crippen LogP contribution in [0.1, 0.15) is 25.8 Å². The van der Waals surface area contributed by atoms with Crippen LogP contribution >= 0.6 is 11.3 Å². The number of ether oxygens (including phenoxy) is 1. The largest absolute Gasteiger partial charge is 0.478 e. The summed E-state index contributed by atoms with van der Waals surface area (Å²) in [6.45, 7) is 4.19. The van der Waals surface area contributed by atoms with Gasteiger partial charge in [0.05, 0.1) is 24.2 Å². The summed E-state index contributed by atoms with van der Waals surface area (Å²) >= 11 is 1.70. The van der Waals surface area contributed by atoms with Crippen LogP contribution in [-0.4, -0.2) is 37.9 Å². The SMILES string of the molecule is COCc1c(C(=O)O)cnn1-c1nccc(-c2cc(C)sc2C)n1. The molecule has 0 aromatic carbocycles. The maximum Gasteiger partial charge on any atom is 0.339 e. The molecule has 3 aromatic heterocycles. The molecule has 8 heteroatoms. The predicted octanol–water partition coefficient (Wildman–Crippen LogP) is 2.85. The molecule has 0 saturated carbocycles. The Balaban J connectivity index is 2.10. The normalized spacial score (nSPS) is 11.0. The molecule has 0 atom stereocenters. The van der Waals surface area contributed by atoms with Crippen LogP contribution in [-0.2, 0) is 11.3 Å². The van der Waals surface area contributed by atoms with E-state index in [1.54, 1.807) is 17.5 Å². The first kappa shape index (κ1) is 16.3. The number of rotatable bonds is 5. The molecule has 0 saturated heterocycles. The monoisotopic (exact) mass is 344 g/mol. The number of carbonyl (C=O) groups is 1. The lowest BCUT2D eigenvalue weighted by molar-refractivity contribution is 0.0691. The summed E-state index contributed by atoms with van der Waals surface area (Å²) in [6, 6.07) is 3.91. The highest BCUT2D eigenvalue weighted by molar-refractivity contribution is 7.12. The molecule has 0 spiro atoms. The number of aromatic nitrogens is 4. The van der Waals surface area contributed by atoms with Crippen LogP contribution in [0.3, 0.4) is 0 Å². The fourth-order valence-corrected chi connectivity index (χ4v) is 3.42. The summed E-state index contributed by atoms with van der Waals surface area (Å²) in [7, 11) is 1.50. The molecule has 0 radical (unpaired) electrons. The number of carboxylic acid groups (broad SMARTS) is 1. The lowest BCUT2D eigenvalue weighted by Gasteiger charge is -2.07. The zero-order valence-corrected chi connectivity index (χ0v) is 14.3. The quantitative estimate of drug-likeness (QED) is 0.765. The van der Waals surface area contributed by atoms with Crippen molar-refractivity contribution in [2.45, 2.75) is 20.5 Å². The van der Waals surface area contributed by atoms with Gasteiger partial charge in [0.2, 0.25) is 0 Å². The first-order chi connectivity index (χ1) is 11.5. The van der Waals surface area contributed by atoms with Gasteiger partial charge in [0.1, 0.15) is 5.56 Å². The maximum absolute atomic E-state index is 11.3. The van der Waals surface area contributed by atoms with E-state index in [1.807, 2.05) is 19.9 Å². The molecule has 24 heavy (non-hydrogen) atoms. The van der Waals surface area contributed by atoms with E-state index in [-0.39, 0.29) is 12.2 Å². The van der Waals surface area contributed by atoms with E-state index in [0.29, 0.717) is 11.6 Å². The molecule has 7 nitrogen and oxygen atoms in total. The highest BCUT2D eigenvalue weighted by Gasteiger charge is 2.19. The molecular weight excluding hydrogens is 328 g/mol. The number of aryl methyl sites for hydroxylation is 2. The van der Waals surface area contributed by atoms with Crippen LogP contribution in [0.4, 0.5) is 0 Å². The molecule has 0 amide bonds. The number of hydrogen-bond donors (Lipinski definition) is 1. The Bertz CT molecular complexity index is 901. The minimum atomic E-state index is -1.06. The standard InChI is InChI=1S/C16H16N4O3S/c1-9-6-11(10(2)24-9)13-4-5-17-16(19-13)20-14(8-23-3)12(7-18-20)15(21)22/h4-7H,8H2,1-3H3,(H,21,22). The summed E-state index contributed by atoms with van der Waals surface area (Å²) in [5.74, 6) is -0.746. The van der Waals surface area contributed by atoms with E-state index in [1.165, 1.54) is 27.7 Å². The molecular formula is C16H16N4O3S. The Morgan fingerprint density at radius 2 is 2.21 bits per heavy atom. The molecule has 124 valence electrons. The van der Waals surface area contributed by atoms with Crippen molar-refractivity contribution >= 4 is 17.3 Å². The molecule has 0 bridgehead atoms. The van der Waals surface area contributed by atoms with Gasteiger partial charge >= 0.3 is 5.97 Å². The molecule has 0 aliphatic heterocycles. The van der Waals surface area contributed by atoms with E-state index >= 15 is 0 Å². The summed E-state index contributed by atoms with van der Waals surface area (Å²) in [4.78, 5) is 22.5. The molecule has 3 rings (SSSR count). The zero-order chi connectivity index (χ0) is 17.3. The zero-order valence-electron chi connectivity index (χ0n) is 13.5. The molecule has 0 unspecified atom stereocenters. The van der Waals surface area contributed by atoms with Crippen molar-refractivity contribution in [3.63, 3.8) is 0 Å². The van der Waals surface area contributed by atoms with Gasteiger partial charge in [0.25, 0.3) is 5.95 Å². The van der Waals surface area contributed by atoms with Crippen LogP contribution in [0.2, 0.25) is 0 Å². The van der Waals surface area contributed by atoms with E-state index in [2.05, 4.69) is 21.1 Å². The second kappa shape index (κ2) is 6.50. The fourth-order valence-electron chi connectivity index (χ4n) is 2.49. The second-order valence-corrected chi connectivity index (χ2v) is 6.68. The highest BCUT2D eigenvalue weighted by Crippen LogP contribution is 2.29. The van der Waals surface area contributed by atoms with Crippen molar-refractivity contribution < 1.29 is 14.6 Å². The van der Waals surface area contributed by atoms with Gasteiger partial charge in [-0.25, -0.2) is 14.8 Å². The van der Waals surface area contributed by atoms with Crippen LogP contribution in [0.5, 0.6) is 0 Å². The van der Waals surface area contributed by atoms with Gasteiger partial charge in [0, 0.05) is 28.6 Å². The molecule has 0 fully saturated rings. The van der Waals surface area contributed by atoms with Crippen LogP contribution < -0.4 is 0 Å².